The highest BCUT2D eigenvalue weighted by Crippen LogP contribution is 2.35. The Morgan fingerprint density at radius 3 is 1.62 bits per heavy atom. The van der Waals surface area contributed by atoms with Crippen LogP contribution in [-0.2, 0) is 12.8 Å². The molecule has 0 unspecified atom stereocenters. The second-order valence-corrected chi connectivity index (χ2v) is 12.4. The number of methoxy groups -OCH3 is 5. The molecule has 56 heavy (non-hydrogen) atoms. The van der Waals surface area contributed by atoms with Crippen molar-refractivity contribution in [1.82, 2.24) is 19.9 Å². The SMILES string of the molecule is COc1cc2cncc(Cc3cc4ccccc4[nH]c3=O)c2cc1OC.COc1cc2cncc(Cc3ccc4cccc(OC)c4n3)c2cc1OC.Cl.Cl.Cl. The minimum Gasteiger partial charge on any atom is -0.494 e. The Balaban J connectivity index is 0.000000236. The number of nitrogens with zero attached hydrogens (tertiary/aromatic N) is 3. The Bertz CT molecular complexity index is 2670. The van der Waals surface area contributed by atoms with Crippen molar-refractivity contribution in [3.8, 4) is 28.7 Å². The summed E-state index contributed by atoms with van der Waals surface area (Å²) in [5.41, 5.74) is 5.32. The standard InChI is InChI=1S/C22H20N2O3.C21H18N2O3.3ClH/c1-25-19-6-4-5-14-7-8-17(24-22(14)19)9-15-12-23-13-16-10-20(26-2)21(27-3)11-18(15)16;1-25-19-9-16-12-22-11-15(17(16)10-20(19)26-2)8-14-7-13-5-3-4-6-18(13)23-21(14)24;;;/h4-8,10-13H,9H2,1-3H3;3-7,9-12H,8H2,1-2H3,(H,23,24);3*1H. The lowest BCUT2D eigenvalue weighted by molar-refractivity contribution is 0.356. The fourth-order valence-electron chi connectivity index (χ4n) is 6.54. The molecule has 0 aliphatic heterocycles. The first-order valence-corrected chi connectivity index (χ1v) is 16.9. The van der Waals surface area contributed by atoms with Crippen LogP contribution in [0.2, 0.25) is 0 Å². The van der Waals surface area contributed by atoms with Crippen LogP contribution in [0.5, 0.6) is 28.7 Å². The third-order valence-electron chi connectivity index (χ3n) is 9.23. The van der Waals surface area contributed by atoms with E-state index >= 15 is 0 Å². The van der Waals surface area contributed by atoms with E-state index in [1.54, 1.807) is 47.9 Å². The Hall–Kier alpha value is -5.81. The van der Waals surface area contributed by atoms with E-state index in [1.165, 1.54) is 0 Å². The molecule has 13 heteroatoms. The first-order chi connectivity index (χ1) is 25.9. The van der Waals surface area contributed by atoms with Crippen molar-refractivity contribution < 1.29 is 23.7 Å². The summed E-state index contributed by atoms with van der Waals surface area (Å²) in [6, 6.07) is 27.5. The number of halogens is 3. The molecule has 0 saturated carbocycles. The number of ether oxygens (including phenoxy) is 5. The van der Waals surface area contributed by atoms with Gasteiger partial charge in [-0.05, 0) is 75.8 Å². The van der Waals surface area contributed by atoms with E-state index in [0.717, 1.165) is 65.9 Å². The monoisotopic (exact) mass is 814 g/mol. The number of nitrogens with one attached hydrogen (secondary N) is 1. The first-order valence-electron chi connectivity index (χ1n) is 16.9. The molecule has 10 nitrogen and oxygen atoms in total. The van der Waals surface area contributed by atoms with Crippen LogP contribution in [0.4, 0.5) is 0 Å². The van der Waals surface area contributed by atoms with E-state index in [1.807, 2.05) is 91.3 Å². The zero-order valence-electron chi connectivity index (χ0n) is 31.3. The summed E-state index contributed by atoms with van der Waals surface area (Å²) in [5.74, 6) is 3.47. The maximum Gasteiger partial charge on any atom is 0.251 e. The third-order valence-corrected chi connectivity index (χ3v) is 9.23. The van der Waals surface area contributed by atoms with Gasteiger partial charge in [-0.3, -0.25) is 14.8 Å². The summed E-state index contributed by atoms with van der Waals surface area (Å²) in [6.07, 6.45) is 8.43. The van der Waals surface area contributed by atoms with Crippen molar-refractivity contribution in [2.75, 3.05) is 35.5 Å². The van der Waals surface area contributed by atoms with Crippen molar-refractivity contribution >= 4 is 80.6 Å². The van der Waals surface area contributed by atoms with Gasteiger partial charge in [0.05, 0.1) is 35.5 Å². The highest BCUT2D eigenvalue weighted by Gasteiger charge is 2.13. The van der Waals surface area contributed by atoms with Crippen molar-refractivity contribution in [2.24, 2.45) is 0 Å². The topological polar surface area (TPSA) is 118 Å². The fraction of sp³-hybridized carbons (Fsp3) is 0.163. The van der Waals surface area contributed by atoms with Crippen LogP contribution in [0.15, 0.2) is 115 Å². The molecule has 0 spiro atoms. The lowest BCUT2D eigenvalue weighted by Crippen LogP contribution is -2.12. The Labute approximate surface area is 342 Å². The minimum atomic E-state index is -0.0822. The molecule has 0 aliphatic rings. The smallest absolute Gasteiger partial charge is 0.251 e. The van der Waals surface area contributed by atoms with Gasteiger partial charge in [-0.25, -0.2) is 4.98 Å². The molecule has 290 valence electrons. The molecule has 4 aromatic carbocycles. The van der Waals surface area contributed by atoms with Crippen LogP contribution < -0.4 is 29.2 Å². The second-order valence-electron chi connectivity index (χ2n) is 12.4. The van der Waals surface area contributed by atoms with Gasteiger partial charge in [-0.2, -0.15) is 0 Å². The Morgan fingerprint density at radius 2 is 1.04 bits per heavy atom. The van der Waals surface area contributed by atoms with Gasteiger partial charge in [-0.1, -0.05) is 36.4 Å². The summed E-state index contributed by atoms with van der Waals surface area (Å²) in [7, 11) is 8.15. The number of hydrogen-bond acceptors (Lipinski definition) is 9. The van der Waals surface area contributed by atoms with E-state index in [9.17, 15) is 4.79 Å². The van der Waals surface area contributed by atoms with Gasteiger partial charge in [0.25, 0.3) is 5.56 Å². The van der Waals surface area contributed by atoms with Gasteiger partial charge in [-0.15, -0.1) is 37.2 Å². The summed E-state index contributed by atoms with van der Waals surface area (Å²) in [4.78, 5) is 28.9. The van der Waals surface area contributed by atoms with Gasteiger partial charge >= 0.3 is 0 Å². The highest BCUT2D eigenvalue weighted by atomic mass is 35.5. The third kappa shape index (κ3) is 8.84. The lowest BCUT2D eigenvalue weighted by Gasteiger charge is -2.12. The maximum atomic E-state index is 12.5. The van der Waals surface area contributed by atoms with Crippen LogP contribution in [0.25, 0.3) is 43.4 Å². The molecular formula is C43H41Cl3N4O6. The molecule has 0 bridgehead atoms. The Kier molecular flexibility index (Phi) is 14.7. The number of aromatic nitrogens is 4. The van der Waals surface area contributed by atoms with Crippen LogP contribution in [-0.4, -0.2) is 55.5 Å². The lowest BCUT2D eigenvalue weighted by atomic mass is 10.0. The van der Waals surface area contributed by atoms with Crippen LogP contribution in [0.1, 0.15) is 22.4 Å². The highest BCUT2D eigenvalue weighted by molar-refractivity contribution is 5.90. The van der Waals surface area contributed by atoms with Gasteiger partial charge in [0.15, 0.2) is 23.0 Å². The van der Waals surface area contributed by atoms with Crippen LogP contribution >= 0.6 is 37.2 Å². The molecule has 8 aromatic rings. The minimum absolute atomic E-state index is 0. The Morgan fingerprint density at radius 1 is 0.500 bits per heavy atom. The number of fused-ring (bicyclic) bond motifs is 4. The van der Waals surface area contributed by atoms with E-state index in [4.69, 9.17) is 28.7 Å². The molecule has 0 saturated heterocycles. The summed E-state index contributed by atoms with van der Waals surface area (Å²) < 4.78 is 27.1. The number of rotatable bonds is 9. The summed E-state index contributed by atoms with van der Waals surface area (Å²) >= 11 is 0. The molecule has 0 fully saturated rings. The zero-order valence-corrected chi connectivity index (χ0v) is 33.8. The maximum absolute atomic E-state index is 12.5. The van der Waals surface area contributed by atoms with Crippen molar-refractivity contribution in [3.05, 3.63) is 142 Å². The molecule has 4 aromatic heterocycles. The molecule has 0 amide bonds. The van der Waals surface area contributed by atoms with E-state index in [2.05, 4.69) is 21.0 Å². The zero-order chi connectivity index (χ0) is 36.9. The number of para-hydroxylation sites is 2. The van der Waals surface area contributed by atoms with Crippen molar-refractivity contribution in [1.29, 1.82) is 0 Å². The number of pyridine rings is 4. The molecule has 0 radical (unpaired) electrons. The first kappa shape index (κ1) is 42.9. The molecule has 0 atom stereocenters. The number of hydrogen-bond donors (Lipinski definition) is 1. The average molecular weight is 816 g/mol. The van der Waals surface area contributed by atoms with Gasteiger partial charge in [0, 0.05) is 70.6 Å². The van der Waals surface area contributed by atoms with E-state index < -0.39 is 0 Å². The predicted octanol–water partition coefficient (Wildman–Crippen LogP) is 9.35. The quantitative estimate of drug-likeness (QED) is 0.152. The number of benzene rings is 4. The normalized spacial score (nSPS) is 10.4. The average Bonchev–Trinajstić information content (AvgIpc) is 3.20. The number of aromatic amines is 1. The largest absolute Gasteiger partial charge is 0.494 e. The molecule has 8 rings (SSSR count). The van der Waals surface area contributed by atoms with E-state index in [0.29, 0.717) is 41.4 Å². The molecular weight excluding hydrogens is 775 g/mol. The van der Waals surface area contributed by atoms with Gasteiger partial charge in [0.1, 0.15) is 11.3 Å². The van der Waals surface area contributed by atoms with Gasteiger partial charge < -0.3 is 28.7 Å². The van der Waals surface area contributed by atoms with Crippen molar-refractivity contribution in [3.63, 3.8) is 0 Å². The predicted molar refractivity (Wildman–Crippen MR) is 230 cm³/mol. The van der Waals surface area contributed by atoms with E-state index in [-0.39, 0.29) is 42.8 Å². The molecule has 4 heterocycles. The summed E-state index contributed by atoms with van der Waals surface area (Å²) in [6.45, 7) is 0. The van der Waals surface area contributed by atoms with Crippen LogP contribution in [0.3, 0.4) is 0 Å². The fourth-order valence-corrected chi connectivity index (χ4v) is 6.54. The molecule has 0 aliphatic carbocycles. The van der Waals surface area contributed by atoms with Crippen molar-refractivity contribution in [2.45, 2.75) is 12.8 Å². The molecule has 1 N–H and O–H groups in total. The number of H-pyrrole nitrogens is 1. The summed E-state index contributed by atoms with van der Waals surface area (Å²) in [5, 5.41) is 6.07. The second kappa shape index (κ2) is 19.2. The van der Waals surface area contributed by atoms with Crippen LogP contribution in [0, 0.1) is 0 Å². The van der Waals surface area contributed by atoms with Gasteiger partial charge in [0.2, 0.25) is 0 Å².